The fourth-order valence-electron chi connectivity index (χ4n) is 3.24. The minimum absolute atomic E-state index is 0.297. The average molecular weight is 351 g/mol. The molecule has 0 unspecified atom stereocenters. The summed E-state index contributed by atoms with van der Waals surface area (Å²) in [6.45, 7) is 5.96. The standard InChI is InChI=1S/C21H21NO4/c1-14(2)13-22-18-10-5-4-9-17(18)21(25,20(22)24)12-19(23)15-7-6-8-16(11-15)26-3/h4-11,25H,1,12-13H2,2-3H3/t21-/m0/s1. The third kappa shape index (κ3) is 3.02. The first kappa shape index (κ1) is 17.9. The van der Waals surface area contributed by atoms with Crippen LogP contribution in [0.4, 0.5) is 5.69 Å². The number of fused-ring (bicyclic) bond motifs is 1. The van der Waals surface area contributed by atoms with Crippen molar-refractivity contribution in [1.82, 2.24) is 0 Å². The largest absolute Gasteiger partial charge is 0.497 e. The van der Waals surface area contributed by atoms with E-state index in [1.807, 2.05) is 6.92 Å². The first-order valence-electron chi connectivity index (χ1n) is 8.32. The number of amides is 1. The molecule has 0 radical (unpaired) electrons. The van der Waals surface area contributed by atoms with Crippen molar-refractivity contribution in [3.63, 3.8) is 0 Å². The molecule has 0 aromatic heterocycles. The zero-order valence-corrected chi connectivity index (χ0v) is 14.9. The Bertz CT molecular complexity index is 889. The van der Waals surface area contributed by atoms with Crippen LogP contribution in [0.3, 0.4) is 0 Å². The van der Waals surface area contributed by atoms with Crippen LogP contribution in [0.15, 0.2) is 60.7 Å². The Morgan fingerprint density at radius 1 is 1.23 bits per heavy atom. The Morgan fingerprint density at radius 2 is 1.96 bits per heavy atom. The Morgan fingerprint density at radius 3 is 2.65 bits per heavy atom. The van der Waals surface area contributed by atoms with E-state index >= 15 is 0 Å². The summed E-state index contributed by atoms with van der Waals surface area (Å²) >= 11 is 0. The zero-order chi connectivity index (χ0) is 18.9. The molecule has 1 aliphatic rings. The molecule has 1 atom stereocenters. The van der Waals surface area contributed by atoms with Crippen LogP contribution in [0.1, 0.15) is 29.3 Å². The van der Waals surface area contributed by atoms with Crippen molar-refractivity contribution in [2.24, 2.45) is 0 Å². The number of methoxy groups -OCH3 is 1. The van der Waals surface area contributed by atoms with E-state index in [4.69, 9.17) is 4.74 Å². The molecule has 1 amide bonds. The van der Waals surface area contributed by atoms with Gasteiger partial charge >= 0.3 is 0 Å². The Labute approximate surface area is 152 Å². The number of hydrogen-bond donors (Lipinski definition) is 1. The first-order chi connectivity index (χ1) is 12.4. The number of rotatable bonds is 6. The van der Waals surface area contributed by atoms with Crippen molar-refractivity contribution in [2.45, 2.75) is 18.9 Å². The minimum atomic E-state index is -1.88. The highest BCUT2D eigenvalue weighted by molar-refractivity contribution is 6.11. The number of aliphatic hydroxyl groups is 1. The van der Waals surface area contributed by atoms with Crippen molar-refractivity contribution in [3.05, 3.63) is 71.8 Å². The number of ketones is 1. The normalized spacial score (nSPS) is 18.6. The average Bonchev–Trinajstić information content (AvgIpc) is 2.83. The van der Waals surface area contributed by atoms with Gasteiger partial charge in [0.2, 0.25) is 0 Å². The van der Waals surface area contributed by atoms with Crippen molar-refractivity contribution < 1.29 is 19.4 Å². The van der Waals surface area contributed by atoms with Gasteiger partial charge in [-0.25, -0.2) is 0 Å². The number of para-hydroxylation sites is 1. The summed E-state index contributed by atoms with van der Waals surface area (Å²) in [5.41, 5.74) is 0.355. The molecule has 0 fully saturated rings. The van der Waals surface area contributed by atoms with Gasteiger partial charge in [0.15, 0.2) is 11.4 Å². The van der Waals surface area contributed by atoms with Crippen LogP contribution in [0.2, 0.25) is 0 Å². The Hall–Kier alpha value is -2.92. The van der Waals surface area contributed by atoms with E-state index in [1.54, 1.807) is 48.5 Å². The molecule has 0 aliphatic carbocycles. The molecule has 26 heavy (non-hydrogen) atoms. The molecule has 1 N–H and O–H groups in total. The van der Waals surface area contributed by atoms with Crippen LogP contribution in [-0.4, -0.2) is 30.5 Å². The lowest BCUT2D eigenvalue weighted by molar-refractivity contribution is -0.135. The SMILES string of the molecule is C=C(C)CN1C(=O)[C@](O)(CC(=O)c2cccc(OC)c2)c2ccccc21. The highest BCUT2D eigenvalue weighted by Crippen LogP contribution is 2.43. The molecule has 3 rings (SSSR count). The second kappa shape index (κ2) is 6.77. The van der Waals surface area contributed by atoms with Crippen molar-refractivity contribution >= 4 is 17.4 Å². The summed E-state index contributed by atoms with van der Waals surface area (Å²) in [6, 6.07) is 13.7. The topological polar surface area (TPSA) is 66.8 Å². The van der Waals surface area contributed by atoms with Crippen molar-refractivity contribution in [1.29, 1.82) is 0 Å². The fraction of sp³-hybridized carbons (Fsp3) is 0.238. The van der Waals surface area contributed by atoms with Crippen LogP contribution >= 0.6 is 0 Å². The van der Waals surface area contributed by atoms with Crippen LogP contribution in [0, 0.1) is 0 Å². The maximum absolute atomic E-state index is 13.0. The molecule has 5 nitrogen and oxygen atoms in total. The summed E-state index contributed by atoms with van der Waals surface area (Å²) in [7, 11) is 1.52. The minimum Gasteiger partial charge on any atom is -0.497 e. The van der Waals surface area contributed by atoms with Crippen LogP contribution in [-0.2, 0) is 10.4 Å². The predicted molar refractivity (Wildman–Crippen MR) is 99.4 cm³/mol. The van der Waals surface area contributed by atoms with Crippen LogP contribution in [0.5, 0.6) is 5.75 Å². The van der Waals surface area contributed by atoms with Gasteiger partial charge in [0, 0.05) is 17.7 Å². The van der Waals surface area contributed by atoms with Crippen molar-refractivity contribution in [2.75, 3.05) is 18.6 Å². The molecule has 0 bridgehead atoms. The van der Waals surface area contributed by atoms with Crippen LogP contribution < -0.4 is 9.64 Å². The Kier molecular flexibility index (Phi) is 4.66. The van der Waals surface area contributed by atoms with E-state index in [1.165, 1.54) is 12.0 Å². The number of ether oxygens (including phenoxy) is 1. The second-order valence-corrected chi connectivity index (χ2v) is 6.56. The molecule has 5 heteroatoms. The molecule has 0 saturated carbocycles. The molecule has 0 spiro atoms. The van der Waals surface area contributed by atoms with E-state index in [2.05, 4.69) is 6.58 Å². The fourth-order valence-corrected chi connectivity index (χ4v) is 3.24. The molecular weight excluding hydrogens is 330 g/mol. The molecule has 1 aliphatic heterocycles. The molecular formula is C21H21NO4. The van der Waals surface area contributed by atoms with Gasteiger partial charge < -0.3 is 14.7 Å². The monoisotopic (exact) mass is 351 g/mol. The molecule has 134 valence electrons. The van der Waals surface area contributed by atoms with Gasteiger partial charge in [0.25, 0.3) is 5.91 Å². The van der Waals surface area contributed by atoms with Crippen LogP contribution in [0.25, 0.3) is 0 Å². The lowest BCUT2D eigenvalue weighted by atomic mass is 9.88. The van der Waals surface area contributed by atoms with Gasteiger partial charge in [0.1, 0.15) is 5.75 Å². The molecule has 0 saturated heterocycles. The summed E-state index contributed by atoms with van der Waals surface area (Å²) in [4.78, 5) is 27.2. The number of anilines is 1. The van der Waals surface area contributed by atoms with Gasteiger partial charge in [-0.15, -0.1) is 0 Å². The zero-order valence-electron chi connectivity index (χ0n) is 14.9. The van der Waals surface area contributed by atoms with E-state index in [9.17, 15) is 14.7 Å². The lowest BCUT2D eigenvalue weighted by Crippen LogP contribution is -2.42. The number of Topliss-reactive ketones (excluding diaryl/α,β-unsaturated/α-hetero) is 1. The van der Waals surface area contributed by atoms with Gasteiger partial charge in [0.05, 0.1) is 19.2 Å². The Balaban J connectivity index is 1.96. The summed E-state index contributed by atoms with van der Waals surface area (Å²) < 4.78 is 5.14. The molecule has 2 aromatic carbocycles. The van der Waals surface area contributed by atoms with E-state index in [-0.39, 0.29) is 12.2 Å². The second-order valence-electron chi connectivity index (χ2n) is 6.56. The van der Waals surface area contributed by atoms with Gasteiger partial charge in [-0.3, -0.25) is 9.59 Å². The van der Waals surface area contributed by atoms with E-state index in [0.717, 1.165) is 5.57 Å². The quantitative estimate of drug-likeness (QED) is 0.642. The van der Waals surface area contributed by atoms with Gasteiger partial charge in [-0.1, -0.05) is 42.5 Å². The number of carbonyl (C=O) groups is 2. The third-order valence-corrected chi connectivity index (χ3v) is 4.48. The number of carbonyl (C=O) groups excluding carboxylic acids is 2. The highest BCUT2D eigenvalue weighted by atomic mass is 16.5. The highest BCUT2D eigenvalue weighted by Gasteiger charge is 2.50. The third-order valence-electron chi connectivity index (χ3n) is 4.48. The number of nitrogens with zero attached hydrogens (tertiary/aromatic N) is 1. The summed E-state index contributed by atoms with van der Waals surface area (Å²) in [5.74, 6) is -0.283. The summed E-state index contributed by atoms with van der Waals surface area (Å²) in [6.07, 6.45) is -0.331. The predicted octanol–water partition coefficient (Wildman–Crippen LogP) is 3.08. The van der Waals surface area contributed by atoms with Gasteiger partial charge in [-0.05, 0) is 25.1 Å². The van der Waals surface area contributed by atoms with E-state index in [0.29, 0.717) is 29.1 Å². The molecule has 2 aromatic rings. The lowest BCUT2D eigenvalue weighted by Gasteiger charge is -2.23. The smallest absolute Gasteiger partial charge is 0.264 e. The first-order valence-corrected chi connectivity index (χ1v) is 8.32. The van der Waals surface area contributed by atoms with Crippen molar-refractivity contribution in [3.8, 4) is 5.75 Å². The van der Waals surface area contributed by atoms with E-state index < -0.39 is 11.5 Å². The maximum atomic E-state index is 13.0. The number of benzene rings is 2. The summed E-state index contributed by atoms with van der Waals surface area (Å²) in [5, 5.41) is 11.2. The van der Waals surface area contributed by atoms with Gasteiger partial charge in [-0.2, -0.15) is 0 Å². The number of hydrogen-bond acceptors (Lipinski definition) is 4. The molecule has 1 heterocycles. The maximum Gasteiger partial charge on any atom is 0.264 e.